The molecule has 0 saturated carbocycles. The summed E-state index contributed by atoms with van der Waals surface area (Å²) in [5, 5.41) is 26.8. The van der Waals surface area contributed by atoms with Crippen LogP contribution in [0, 0.1) is 23.7 Å². The molecule has 370 valence electrons. The van der Waals surface area contributed by atoms with Crippen LogP contribution in [0.25, 0.3) is 0 Å². The Hall–Kier alpha value is -2.80. The Kier molecular flexibility index (Phi) is 16.0. The Balaban J connectivity index is 1.16. The molecule has 1 amide bonds. The van der Waals surface area contributed by atoms with Gasteiger partial charge >= 0.3 is 5.97 Å². The second-order valence-corrected chi connectivity index (χ2v) is 20.3. The van der Waals surface area contributed by atoms with E-state index in [2.05, 4.69) is 45.2 Å². The molecule has 4 saturated heterocycles. The van der Waals surface area contributed by atoms with Gasteiger partial charge < -0.3 is 62.9 Å². The lowest BCUT2D eigenvalue weighted by atomic mass is 9.71. The number of carbonyl (C=O) groups is 2. The minimum atomic E-state index is -1.84. The summed E-state index contributed by atoms with van der Waals surface area (Å²) in [6.07, 6.45) is 9.26. The minimum absolute atomic E-state index is 0.0258. The fourth-order valence-electron chi connectivity index (χ4n) is 11.3. The van der Waals surface area contributed by atoms with E-state index in [0.29, 0.717) is 36.8 Å². The standard InChI is InChI=1S/C51H77NO14/c1-13-27(2)45-30(5)19-20-50(66-45)25-37-22-36(65-50)18-17-29(4)44(28(3)15-14-16-35-26-59-47-43(54)31(6)21-38(48(55)62-37)51(35,47)56)63-41-23-39(57-11)46(32(7)60-41)64-42-24-40(58-12)49(10,33(8)61-42)52-34(9)53/h14-17,19-21,27-28,30,32-33,36-47,54,56H,13,18,22-26H2,1-12H3,(H,52,53)/t27?,28?,30-,32-,33-,36+,37-,38-,39-,40-,41?,42?,43+,44-,45+,46-,47+,49-,50+,51+/m0/s1. The number of carbonyl (C=O) groups excluding carboxylic acids is 2. The first-order valence-corrected chi connectivity index (χ1v) is 24.2. The van der Waals surface area contributed by atoms with Crippen LogP contribution in [0.3, 0.4) is 0 Å². The third-order valence-corrected chi connectivity index (χ3v) is 15.6. The van der Waals surface area contributed by atoms with Gasteiger partial charge in [-0.15, -0.1) is 0 Å². The predicted octanol–water partition coefficient (Wildman–Crippen LogP) is 5.91. The maximum Gasteiger partial charge on any atom is 0.316 e. The van der Waals surface area contributed by atoms with Gasteiger partial charge in [0.1, 0.15) is 35.9 Å². The summed E-state index contributed by atoms with van der Waals surface area (Å²) in [4.78, 5) is 26.5. The molecular weight excluding hydrogens is 851 g/mol. The van der Waals surface area contributed by atoms with Crippen LogP contribution in [0.4, 0.5) is 0 Å². The zero-order valence-electron chi connectivity index (χ0n) is 41.1. The molecule has 7 aliphatic rings. The van der Waals surface area contributed by atoms with Crippen LogP contribution in [0.1, 0.15) is 108 Å². The van der Waals surface area contributed by atoms with E-state index < -0.39 is 96.3 Å². The highest BCUT2D eigenvalue weighted by molar-refractivity contribution is 5.78. The molecule has 15 nitrogen and oxygen atoms in total. The van der Waals surface area contributed by atoms with Gasteiger partial charge in [-0.3, -0.25) is 9.59 Å². The first kappa shape index (κ1) is 51.1. The van der Waals surface area contributed by atoms with Gasteiger partial charge in [-0.2, -0.15) is 0 Å². The average molecular weight is 928 g/mol. The Bertz CT molecular complexity index is 1900. The van der Waals surface area contributed by atoms with Gasteiger partial charge in [-0.25, -0.2) is 0 Å². The molecule has 0 aromatic carbocycles. The van der Waals surface area contributed by atoms with Gasteiger partial charge in [0.25, 0.3) is 0 Å². The molecule has 7 rings (SSSR count). The van der Waals surface area contributed by atoms with Crippen molar-refractivity contribution in [3.63, 3.8) is 0 Å². The van der Waals surface area contributed by atoms with E-state index in [1.165, 1.54) is 6.92 Å². The normalized spacial score (nSPS) is 45.8. The Morgan fingerprint density at radius 1 is 0.970 bits per heavy atom. The number of aliphatic hydroxyl groups is 2. The van der Waals surface area contributed by atoms with Crippen LogP contribution in [0.2, 0.25) is 0 Å². The smallest absolute Gasteiger partial charge is 0.316 e. The highest BCUT2D eigenvalue weighted by Crippen LogP contribution is 2.47. The fourth-order valence-corrected chi connectivity index (χ4v) is 11.3. The van der Waals surface area contributed by atoms with Crippen molar-refractivity contribution in [3.8, 4) is 0 Å². The lowest BCUT2D eigenvalue weighted by Gasteiger charge is -2.49. The molecule has 0 radical (unpaired) electrons. The summed E-state index contributed by atoms with van der Waals surface area (Å²) in [5.41, 5.74) is -0.633. The second kappa shape index (κ2) is 20.7. The van der Waals surface area contributed by atoms with Crippen molar-refractivity contribution < 1.29 is 67.2 Å². The maximum atomic E-state index is 14.4. The molecule has 4 fully saturated rings. The summed E-state index contributed by atoms with van der Waals surface area (Å²) < 4.78 is 64.7. The van der Waals surface area contributed by atoms with E-state index in [9.17, 15) is 19.8 Å². The predicted molar refractivity (Wildman–Crippen MR) is 244 cm³/mol. The zero-order valence-corrected chi connectivity index (χ0v) is 41.1. The summed E-state index contributed by atoms with van der Waals surface area (Å²) in [7, 11) is 3.28. The Morgan fingerprint density at radius 3 is 2.41 bits per heavy atom. The summed E-state index contributed by atoms with van der Waals surface area (Å²) in [6, 6.07) is 0. The third-order valence-electron chi connectivity index (χ3n) is 15.6. The van der Waals surface area contributed by atoms with Crippen molar-refractivity contribution in [1.29, 1.82) is 0 Å². The number of nitrogens with one attached hydrogen (secondary N) is 1. The lowest BCUT2D eigenvalue weighted by molar-refractivity contribution is -0.317. The first-order chi connectivity index (χ1) is 31.2. The van der Waals surface area contributed by atoms with Crippen LogP contribution >= 0.6 is 0 Å². The van der Waals surface area contributed by atoms with Gasteiger partial charge in [-0.05, 0) is 69.8 Å². The number of hydrogen-bond donors (Lipinski definition) is 3. The van der Waals surface area contributed by atoms with Crippen molar-refractivity contribution >= 4 is 11.9 Å². The molecule has 1 spiro atoms. The van der Waals surface area contributed by atoms with Crippen molar-refractivity contribution in [2.24, 2.45) is 23.7 Å². The summed E-state index contributed by atoms with van der Waals surface area (Å²) in [6.45, 7) is 19.6. The highest BCUT2D eigenvalue weighted by atomic mass is 16.7. The number of fused-ring (bicyclic) bond motifs is 2. The van der Waals surface area contributed by atoms with E-state index in [4.69, 9.17) is 47.4 Å². The zero-order chi connectivity index (χ0) is 47.9. The van der Waals surface area contributed by atoms with Gasteiger partial charge in [0.2, 0.25) is 5.91 Å². The summed E-state index contributed by atoms with van der Waals surface area (Å²) in [5.74, 6) is -2.78. The SMILES string of the molecule is CCC(C)[C@H]1O[C@]2(C=C[C@@H]1C)C[C@@H]1C[C@@H](CC=C(C)[C@@H](OC3C[C@H](OC)[C@@H](OC4C[C@H](OC)[C@@](C)(NC(C)=O)[C@H](C)O4)[C@H](C)O3)C(C)C=CC=C3CO[C@@H]4[C@H](O)C(C)=C[C@@H](C(=O)O1)[C@]34O)O2. The largest absolute Gasteiger partial charge is 0.462 e. The third kappa shape index (κ3) is 10.2. The molecule has 0 aromatic rings. The van der Waals surface area contributed by atoms with Crippen LogP contribution in [0.15, 0.2) is 59.3 Å². The van der Waals surface area contributed by atoms with Crippen LogP contribution in [-0.2, 0) is 57.0 Å². The number of amides is 1. The van der Waals surface area contributed by atoms with Gasteiger partial charge in [-0.1, -0.05) is 70.6 Å². The van der Waals surface area contributed by atoms with E-state index >= 15 is 0 Å². The minimum Gasteiger partial charge on any atom is -0.462 e. The van der Waals surface area contributed by atoms with E-state index in [1.54, 1.807) is 33.3 Å². The number of esters is 1. The molecule has 4 unspecified atom stereocenters. The highest BCUT2D eigenvalue weighted by Gasteiger charge is 2.60. The van der Waals surface area contributed by atoms with Gasteiger partial charge in [0, 0.05) is 58.7 Å². The van der Waals surface area contributed by atoms with E-state index in [0.717, 1.165) is 12.0 Å². The van der Waals surface area contributed by atoms with Crippen molar-refractivity contribution in [2.75, 3.05) is 20.8 Å². The van der Waals surface area contributed by atoms with E-state index in [-0.39, 0.29) is 48.9 Å². The van der Waals surface area contributed by atoms with Crippen molar-refractivity contribution in [2.45, 2.75) is 204 Å². The summed E-state index contributed by atoms with van der Waals surface area (Å²) >= 11 is 0. The van der Waals surface area contributed by atoms with Gasteiger partial charge in [0.05, 0.1) is 54.9 Å². The number of hydrogen-bond acceptors (Lipinski definition) is 14. The fraction of sp³-hybridized carbons (Fsp3) is 0.765. The van der Waals surface area contributed by atoms with E-state index in [1.807, 2.05) is 45.9 Å². The molecule has 2 bridgehead atoms. The number of ether oxygens (including phenoxy) is 10. The number of rotatable bonds is 9. The Morgan fingerprint density at radius 2 is 1.71 bits per heavy atom. The van der Waals surface area contributed by atoms with Crippen molar-refractivity contribution in [3.05, 3.63) is 59.3 Å². The van der Waals surface area contributed by atoms with Crippen LogP contribution in [0.5, 0.6) is 0 Å². The molecule has 15 heteroatoms. The maximum absolute atomic E-state index is 14.4. The Labute approximate surface area is 391 Å². The quantitative estimate of drug-likeness (QED) is 0.184. The molecule has 0 aromatic heterocycles. The number of aliphatic hydroxyl groups excluding tert-OH is 1. The molecule has 66 heavy (non-hydrogen) atoms. The molecule has 1 aliphatic carbocycles. The second-order valence-electron chi connectivity index (χ2n) is 20.3. The monoisotopic (exact) mass is 928 g/mol. The molecular formula is C51H77NO14. The number of methoxy groups -OCH3 is 2. The van der Waals surface area contributed by atoms with Crippen LogP contribution < -0.4 is 5.32 Å². The number of allylic oxidation sites excluding steroid dienone is 2. The molecule has 6 heterocycles. The topological polar surface area (TPSA) is 179 Å². The first-order valence-electron chi connectivity index (χ1n) is 24.2. The van der Waals surface area contributed by atoms with Crippen LogP contribution in [-0.4, -0.2) is 140 Å². The molecule has 20 atom stereocenters. The average Bonchev–Trinajstić information content (AvgIpc) is 3.61. The lowest BCUT2D eigenvalue weighted by Crippen LogP contribution is -2.66. The van der Waals surface area contributed by atoms with Crippen molar-refractivity contribution in [1.82, 2.24) is 5.32 Å². The molecule has 3 N–H and O–H groups in total. The molecule has 6 aliphatic heterocycles. The van der Waals surface area contributed by atoms with Gasteiger partial charge in [0.15, 0.2) is 18.4 Å².